The number of hydrogen-bond acceptors (Lipinski definition) is 0. The van der Waals surface area contributed by atoms with E-state index in [2.05, 4.69) is 38.2 Å². The Kier molecular flexibility index (Phi) is 13.4. The molecule has 3 aliphatic carbocycles. The third-order valence-electron chi connectivity index (χ3n) is 10.1. The van der Waals surface area contributed by atoms with Crippen molar-refractivity contribution in [1.82, 2.24) is 0 Å². The fourth-order valence-corrected chi connectivity index (χ4v) is 7.63. The lowest BCUT2D eigenvalue weighted by atomic mass is 9.75. The van der Waals surface area contributed by atoms with E-state index in [0.29, 0.717) is 0 Å². The molecule has 0 saturated heterocycles. The second kappa shape index (κ2) is 16.3. The minimum absolute atomic E-state index is 0.740. The molecule has 3 aliphatic rings. The highest BCUT2D eigenvalue weighted by atomic mass is 14.6. The highest BCUT2D eigenvalue weighted by Crippen LogP contribution is 2.65. The van der Waals surface area contributed by atoms with E-state index in [-0.39, 0.29) is 0 Å². The molecule has 5 atom stereocenters. The first-order chi connectivity index (χ1) is 16.7. The van der Waals surface area contributed by atoms with Crippen molar-refractivity contribution in [2.75, 3.05) is 0 Å². The highest BCUT2D eigenvalue weighted by Gasteiger charge is 2.56. The summed E-state index contributed by atoms with van der Waals surface area (Å²) in [5.74, 6) is 3.94. The molecule has 3 rings (SSSR count). The van der Waals surface area contributed by atoms with Crippen LogP contribution in [0, 0.1) is 29.1 Å². The van der Waals surface area contributed by atoms with Crippen molar-refractivity contribution in [3.63, 3.8) is 0 Å². The van der Waals surface area contributed by atoms with Gasteiger partial charge in [0.1, 0.15) is 0 Å². The molecule has 0 aromatic rings. The van der Waals surface area contributed by atoms with E-state index in [4.69, 9.17) is 0 Å². The summed E-state index contributed by atoms with van der Waals surface area (Å²) < 4.78 is 0. The Bertz CT molecular complexity index is 571. The summed E-state index contributed by atoms with van der Waals surface area (Å²) in [5, 5.41) is 0. The summed E-state index contributed by atoms with van der Waals surface area (Å²) in [4.78, 5) is 0. The molecule has 0 heteroatoms. The molecule has 0 heterocycles. The Morgan fingerprint density at radius 3 is 1.79 bits per heavy atom. The molecule has 0 aromatic carbocycles. The SMILES string of the molecule is CC1CCC=CC=CCCCCC2CC2(C2CCCCCCCCCCC(C)CCC2)CCC1. The van der Waals surface area contributed by atoms with Crippen molar-refractivity contribution in [2.24, 2.45) is 29.1 Å². The van der Waals surface area contributed by atoms with Crippen LogP contribution in [0.4, 0.5) is 0 Å². The van der Waals surface area contributed by atoms with Gasteiger partial charge >= 0.3 is 0 Å². The van der Waals surface area contributed by atoms with Gasteiger partial charge in [-0.2, -0.15) is 0 Å². The van der Waals surface area contributed by atoms with E-state index >= 15 is 0 Å². The minimum atomic E-state index is 0.740. The quantitative estimate of drug-likeness (QED) is 0.359. The molecule has 2 fully saturated rings. The lowest BCUT2D eigenvalue weighted by Crippen LogP contribution is -2.20. The van der Waals surface area contributed by atoms with Crippen molar-refractivity contribution in [2.45, 2.75) is 162 Å². The Morgan fingerprint density at radius 2 is 1.00 bits per heavy atom. The number of hydrogen-bond donors (Lipinski definition) is 0. The maximum absolute atomic E-state index is 2.54. The van der Waals surface area contributed by atoms with Crippen LogP contribution < -0.4 is 0 Å². The standard InChI is InChI=1S/C34H60/c1-30-21-15-11-7-3-5-9-13-17-25-32(27-19-23-30)34-28-20-24-31(2)22-16-12-8-4-6-10-14-18-26-33(34)29-34/h4,6,8,12,30-33H,3,5,7,9-11,13-29H2,1-2H3. The topological polar surface area (TPSA) is 0 Å². The molecular formula is C34H60. The van der Waals surface area contributed by atoms with Gasteiger partial charge in [-0.3, -0.25) is 0 Å². The van der Waals surface area contributed by atoms with Gasteiger partial charge in [0.05, 0.1) is 0 Å². The zero-order valence-electron chi connectivity index (χ0n) is 23.4. The molecule has 0 N–H and O–H groups in total. The monoisotopic (exact) mass is 468 g/mol. The average Bonchev–Trinajstić information content (AvgIpc) is 3.52. The molecule has 2 saturated carbocycles. The van der Waals surface area contributed by atoms with Crippen LogP contribution in [0.5, 0.6) is 0 Å². The fraction of sp³-hybridized carbons (Fsp3) is 0.882. The molecule has 0 amide bonds. The second-order valence-electron chi connectivity index (χ2n) is 13.0. The van der Waals surface area contributed by atoms with E-state index in [1.807, 2.05) is 0 Å². The van der Waals surface area contributed by atoms with E-state index in [1.165, 1.54) is 122 Å². The van der Waals surface area contributed by atoms with E-state index in [0.717, 1.165) is 29.1 Å². The molecule has 0 aliphatic heterocycles. The van der Waals surface area contributed by atoms with Gasteiger partial charge in [-0.25, -0.2) is 0 Å². The first kappa shape index (κ1) is 28.1. The van der Waals surface area contributed by atoms with Gasteiger partial charge in [-0.1, -0.05) is 128 Å². The lowest BCUT2D eigenvalue weighted by Gasteiger charge is -2.30. The Labute approximate surface area is 214 Å². The van der Waals surface area contributed by atoms with Gasteiger partial charge in [0, 0.05) is 0 Å². The summed E-state index contributed by atoms with van der Waals surface area (Å²) in [5.41, 5.74) is 0.740. The first-order valence-electron chi connectivity index (χ1n) is 16.0. The third kappa shape index (κ3) is 10.2. The predicted molar refractivity (Wildman–Crippen MR) is 152 cm³/mol. The molecule has 34 heavy (non-hydrogen) atoms. The van der Waals surface area contributed by atoms with Crippen LogP contribution in [0.2, 0.25) is 0 Å². The maximum Gasteiger partial charge on any atom is -0.0238 e. The Balaban J connectivity index is 1.61. The van der Waals surface area contributed by atoms with Gasteiger partial charge in [0.2, 0.25) is 0 Å². The number of allylic oxidation sites excluding steroid dienone is 4. The summed E-state index contributed by atoms with van der Waals surface area (Å²) >= 11 is 0. The molecule has 0 aromatic heterocycles. The van der Waals surface area contributed by atoms with Crippen molar-refractivity contribution in [3.8, 4) is 0 Å². The second-order valence-corrected chi connectivity index (χ2v) is 13.0. The third-order valence-corrected chi connectivity index (χ3v) is 10.1. The van der Waals surface area contributed by atoms with Crippen LogP contribution in [-0.2, 0) is 0 Å². The highest BCUT2D eigenvalue weighted by molar-refractivity contribution is 5.06. The first-order valence-corrected chi connectivity index (χ1v) is 16.0. The van der Waals surface area contributed by atoms with Crippen LogP contribution >= 0.6 is 0 Å². The van der Waals surface area contributed by atoms with Gasteiger partial charge in [0.25, 0.3) is 0 Å². The van der Waals surface area contributed by atoms with Gasteiger partial charge in [-0.05, 0) is 86.9 Å². The van der Waals surface area contributed by atoms with E-state index in [1.54, 1.807) is 25.7 Å². The summed E-state index contributed by atoms with van der Waals surface area (Å²) in [7, 11) is 0. The summed E-state index contributed by atoms with van der Waals surface area (Å²) in [6.07, 6.45) is 43.3. The normalized spacial score (nSPS) is 36.6. The molecule has 196 valence electrons. The molecule has 0 bridgehead atoms. The largest absolute Gasteiger partial charge is 0.0845 e. The fourth-order valence-electron chi connectivity index (χ4n) is 7.63. The average molecular weight is 469 g/mol. The van der Waals surface area contributed by atoms with E-state index < -0.39 is 0 Å². The zero-order chi connectivity index (χ0) is 23.9. The van der Waals surface area contributed by atoms with Gasteiger partial charge < -0.3 is 0 Å². The van der Waals surface area contributed by atoms with Crippen molar-refractivity contribution >= 4 is 0 Å². The van der Waals surface area contributed by atoms with Gasteiger partial charge in [0.15, 0.2) is 0 Å². The van der Waals surface area contributed by atoms with E-state index in [9.17, 15) is 0 Å². The molecular weight excluding hydrogens is 408 g/mol. The Morgan fingerprint density at radius 1 is 0.471 bits per heavy atom. The Hall–Kier alpha value is -0.520. The molecule has 0 spiro atoms. The molecule has 5 unspecified atom stereocenters. The smallest absolute Gasteiger partial charge is 0.0238 e. The number of fused-ring (bicyclic) bond motifs is 1. The van der Waals surface area contributed by atoms with Crippen LogP contribution in [0.3, 0.4) is 0 Å². The van der Waals surface area contributed by atoms with Crippen molar-refractivity contribution < 1.29 is 0 Å². The van der Waals surface area contributed by atoms with Crippen LogP contribution in [0.15, 0.2) is 24.3 Å². The van der Waals surface area contributed by atoms with Crippen LogP contribution in [0.1, 0.15) is 162 Å². The summed E-state index contributed by atoms with van der Waals surface area (Å²) in [6.45, 7) is 5.05. The van der Waals surface area contributed by atoms with Crippen LogP contribution in [-0.4, -0.2) is 0 Å². The maximum atomic E-state index is 2.54. The van der Waals surface area contributed by atoms with Gasteiger partial charge in [-0.15, -0.1) is 0 Å². The minimum Gasteiger partial charge on any atom is -0.0845 e. The van der Waals surface area contributed by atoms with Crippen LogP contribution in [0.25, 0.3) is 0 Å². The lowest BCUT2D eigenvalue weighted by molar-refractivity contribution is 0.202. The van der Waals surface area contributed by atoms with Crippen molar-refractivity contribution in [1.29, 1.82) is 0 Å². The summed E-state index contributed by atoms with van der Waals surface area (Å²) in [6, 6.07) is 0. The van der Waals surface area contributed by atoms with Crippen molar-refractivity contribution in [3.05, 3.63) is 24.3 Å². The molecule has 0 radical (unpaired) electrons. The predicted octanol–water partition coefficient (Wildman–Crippen LogP) is 11.6. The zero-order valence-corrected chi connectivity index (χ0v) is 23.4. The number of rotatable bonds is 1. The molecule has 0 nitrogen and oxygen atoms in total.